The van der Waals surface area contributed by atoms with Crippen LogP contribution in [0.25, 0.3) is 0 Å². The predicted octanol–water partition coefficient (Wildman–Crippen LogP) is 0.696. The summed E-state index contributed by atoms with van der Waals surface area (Å²) in [5.41, 5.74) is 0. The predicted molar refractivity (Wildman–Crippen MR) is 37.1 cm³/mol. The molecule has 0 aromatic rings. The zero-order valence-corrected chi connectivity index (χ0v) is 5.75. The van der Waals surface area contributed by atoms with E-state index in [-0.39, 0.29) is 12.7 Å². The summed E-state index contributed by atoms with van der Waals surface area (Å²) in [6.45, 7) is 2.07. The fraction of sp³-hybridized carbons (Fsp3) is 0.714. The molecular weight excluding hydrogens is 116 g/mol. The first-order chi connectivity index (χ1) is 4.31. The van der Waals surface area contributed by atoms with Crippen LogP contribution >= 0.6 is 0 Å². The molecule has 54 valence electrons. The summed E-state index contributed by atoms with van der Waals surface area (Å²) in [6, 6.07) is 0. The minimum absolute atomic E-state index is 0.160. The van der Waals surface area contributed by atoms with Gasteiger partial charge in [-0.3, -0.25) is 0 Å². The van der Waals surface area contributed by atoms with Crippen LogP contribution in [0.4, 0.5) is 0 Å². The largest absolute Gasteiger partial charge is 0.396 e. The Morgan fingerprint density at radius 2 is 2.22 bits per heavy atom. The van der Waals surface area contributed by atoms with Crippen molar-refractivity contribution >= 4 is 0 Å². The SMILES string of the molecule is CCC(O)/C=C/CCO. The lowest BCUT2D eigenvalue weighted by atomic mass is 10.2. The molecule has 0 aliphatic heterocycles. The lowest BCUT2D eigenvalue weighted by Gasteiger charge is -1.96. The van der Waals surface area contributed by atoms with Crippen LogP contribution in [0.2, 0.25) is 0 Å². The molecule has 0 radical (unpaired) electrons. The number of hydrogen-bond donors (Lipinski definition) is 2. The van der Waals surface area contributed by atoms with Gasteiger partial charge < -0.3 is 10.2 Å². The molecule has 0 saturated carbocycles. The van der Waals surface area contributed by atoms with Crippen LogP contribution in [-0.4, -0.2) is 22.9 Å². The van der Waals surface area contributed by atoms with Gasteiger partial charge in [0.15, 0.2) is 0 Å². The first-order valence-electron chi connectivity index (χ1n) is 3.26. The zero-order chi connectivity index (χ0) is 7.11. The fourth-order valence-electron chi connectivity index (χ4n) is 0.464. The van der Waals surface area contributed by atoms with Crippen LogP contribution < -0.4 is 0 Å². The summed E-state index contributed by atoms with van der Waals surface area (Å²) in [5, 5.41) is 17.2. The number of rotatable bonds is 4. The molecule has 0 amide bonds. The number of aliphatic hydroxyl groups excluding tert-OH is 2. The summed E-state index contributed by atoms with van der Waals surface area (Å²) in [5.74, 6) is 0. The molecule has 2 N–H and O–H groups in total. The Hall–Kier alpha value is -0.340. The molecule has 0 spiro atoms. The van der Waals surface area contributed by atoms with E-state index in [1.807, 2.05) is 6.92 Å². The highest BCUT2D eigenvalue weighted by molar-refractivity contribution is 4.87. The molecule has 0 saturated heterocycles. The summed E-state index contributed by atoms with van der Waals surface area (Å²) >= 11 is 0. The van der Waals surface area contributed by atoms with Crippen molar-refractivity contribution < 1.29 is 10.2 Å². The Balaban J connectivity index is 3.20. The van der Waals surface area contributed by atoms with Gasteiger partial charge in [0.25, 0.3) is 0 Å². The van der Waals surface area contributed by atoms with Crippen LogP contribution in [0, 0.1) is 0 Å². The van der Waals surface area contributed by atoms with Crippen molar-refractivity contribution in [2.75, 3.05) is 6.61 Å². The Bertz CT molecular complexity index is 79.0. The maximum atomic E-state index is 8.92. The standard InChI is InChI=1S/C7H14O2/c1-2-7(9)5-3-4-6-8/h3,5,7-9H,2,4,6H2,1H3/b5-3+. The molecule has 2 nitrogen and oxygen atoms in total. The van der Waals surface area contributed by atoms with E-state index in [2.05, 4.69) is 0 Å². The average Bonchev–Trinajstić information content (AvgIpc) is 1.89. The van der Waals surface area contributed by atoms with Crippen LogP contribution in [0.3, 0.4) is 0 Å². The fourth-order valence-corrected chi connectivity index (χ4v) is 0.464. The first kappa shape index (κ1) is 8.66. The highest BCUT2D eigenvalue weighted by Gasteiger charge is 1.89. The van der Waals surface area contributed by atoms with Crippen LogP contribution in [0.5, 0.6) is 0 Å². The summed E-state index contributed by atoms with van der Waals surface area (Å²) < 4.78 is 0. The van der Waals surface area contributed by atoms with E-state index in [9.17, 15) is 0 Å². The normalized spacial score (nSPS) is 14.6. The molecule has 9 heavy (non-hydrogen) atoms. The average molecular weight is 130 g/mol. The lowest BCUT2D eigenvalue weighted by molar-refractivity contribution is 0.218. The van der Waals surface area contributed by atoms with Gasteiger partial charge >= 0.3 is 0 Å². The van der Waals surface area contributed by atoms with Gasteiger partial charge in [0.05, 0.1) is 6.10 Å². The topological polar surface area (TPSA) is 40.5 Å². The van der Waals surface area contributed by atoms with Gasteiger partial charge in [-0.05, 0) is 12.8 Å². The van der Waals surface area contributed by atoms with Crippen molar-refractivity contribution in [2.24, 2.45) is 0 Å². The van der Waals surface area contributed by atoms with E-state index in [0.717, 1.165) is 6.42 Å². The van der Waals surface area contributed by atoms with Crippen molar-refractivity contribution in [3.05, 3.63) is 12.2 Å². The summed E-state index contributed by atoms with van der Waals surface area (Å²) in [4.78, 5) is 0. The molecule has 0 bridgehead atoms. The first-order valence-corrected chi connectivity index (χ1v) is 3.26. The maximum Gasteiger partial charge on any atom is 0.0718 e. The van der Waals surface area contributed by atoms with Gasteiger partial charge in [-0.1, -0.05) is 19.1 Å². The molecule has 0 fully saturated rings. The Kier molecular flexibility index (Phi) is 5.57. The van der Waals surface area contributed by atoms with Gasteiger partial charge in [0.2, 0.25) is 0 Å². The molecule has 0 heterocycles. The molecule has 1 atom stereocenters. The van der Waals surface area contributed by atoms with Crippen molar-refractivity contribution in [3.8, 4) is 0 Å². The van der Waals surface area contributed by atoms with Crippen LogP contribution in [0.15, 0.2) is 12.2 Å². The highest BCUT2D eigenvalue weighted by atomic mass is 16.3. The van der Waals surface area contributed by atoms with E-state index in [0.29, 0.717) is 6.42 Å². The highest BCUT2D eigenvalue weighted by Crippen LogP contribution is 1.92. The minimum Gasteiger partial charge on any atom is -0.396 e. The van der Waals surface area contributed by atoms with E-state index in [4.69, 9.17) is 10.2 Å². The smallest absolute Gasteiger partial charge is 0.0718 e. The second-order valence-electron chi connectivity index (χ2n) is 1.92. The van der Waals surface area contributed by atoms with Gasteiger partial charge in [-0.25, -0.2) is 0 Å². The van der Waals surface area contributed by atoms with Crippen LogP contribution in [0.1, 0.15) is 19.8 Å². The maximum absolute atomic E-state index is 8.92. The third-order valence-electron chi connectivity index (χ3n) is 1.07. The van der Waals surface area contributed by atoms with Crippen molar-refractivity contribution in [1.29, 1.82) is 0 Å². The molecule has 0 rings (SSSR count). The van der Waals surface area contributed by atoms with Crippen molar-refractivity contribution in [1.82, 2.24) is 0 Å². The minimum atomic E-state index is -0.337. The number of aliphatic hydroxyl groups is 2. The molecule has 0 aliphatic rings. The number of hydrogen-bond acceptors (Lipinski definition) is 2. The Labute approximate surface area is 55.8 Å². The molecule has 1 unspecified atom stereocenters. The zero-order valence-electron chi connectivity index (χ0n) is 5.75. The lowest BCUT2D eigenvalue weighted by Crippen LogP contribution is -1.97. The van der Waals surface area contributed by atoms with E-state index >= 15 is 0 Å². The second kappa shape index (κ2) is 5.79. The quantitative estimate of drug-likeness (QED) is 0.550. The Morgan fingerprint density at radius 1 is 1.56 bits per heavy atom. The molecule has 2 heteroatoms. The second-order valence-corrected chi connectivity index (χ2v) is 1.92. The van der Waals surface area contributed by atoms with Crippen molar-refractivity contribution in [3.63, 3.8) is 0 Å². The Morgan fingerprint density at radius 3 is 2.67 bits per heavy atom. The van der Waals surface area contributed by atoms with Gasteiger partial charge in [-0.15, -0.1) is 0 Å². The van der Waals surface area contributed by atoms with E-state index < -0.39 is 0 Å². The summed E-state index contributed by atoms with van der Waals surface area (Å²) in [6.07, 6.45) is 4.53. The van der Waals surface area contributed by atoms with Gasteiger partial charge in [0.1, 0.15) is 0 Å². The van der Waals surface area contributed by atoms with E-state index in [1.165, 1.54) is 0 Å². The van der Waals surface area contributed by atoms with Gasteiger partial charge in [-0.2, -0.15) is 0 Å². The molecule has 0 aromatic carbocycles. The molecular formula is C7H14O2. The molecule has 0 aromatic heterocycles. The van der Waals surface area contributed by atoms with Crippen molar-refractivity contribution in [2.45, 2.75) is 25.9 Å². The van der Waals surface area contributed by atoms with E-state index in [1.54, 1.807) is 12.2 Å². The third kappa shape index (κ3) is 5.53. The van der Waals surface area contributed by atoms with Gasteiger partial charge in [0, 0.05) is 6.61 Å². The summed E-state index contributed by atoms with van der Waals surface area (Å²) in [7, 11) is 0. The third-order valence-corrected chi connectivity index (χ3v) is 1.07. The monoisotopic (exact) mass is 130 g/mol. The molecule has 0 aliphatic carbocycles. The van der Waals surface area contributed by atoms with Crippen LogP contribution in [-0.2, 0) is 0 Å².